The van der Waals surface area contributed by atoms with Gasteiger partial charge in [-0.15, -0.1) is 0 Å². The molecule has 11 heavy (non-hydrogen) atoms. The predicted octanol–water partition coefficient (Wildman–Crippen LogP) is 1.43. The highest BCUT2D eigenvalue weighted by molar-refractivity contribution is 5.68. The van der Waals surface area contributed by atoms with Crippen LogP contribution >= 0.6 is 0 Å². The van der Waals surface area contributed by atoms with Crippen molar-refractivity contribution in [3.05, 3.63) is 0 Å². The van der Waals surface area contributed by atoms with E-state index in [0.717, 1.165) is 0 Å². The average molecular weight is 157 g/mol. The van der Waals surface area contributed by atoms with Crippen LogP contribution in [-0.2, 0) is 9.47 Å². The SMILES string of the molecule is CCOC1=NC(C(C)C)CO1. The van der Waals surface area contributed by atoms with E-state index in [1.165, 1.54) is 0 Å². The number of aliphatic imine (C=N–C) groups is 1. The molecule has 1 heterocycles. The Labute approximate surface area is 67.4 Å². The molecule has 1 rings (SSSR count). The van der Waals surface area contributed by atoms with Crippen LogP contribution in [0.15, 0.2) is 4.99 Å². The molecule has 0 aromatic carbocycles. The molecule has 0 saturated heterocycles. The van der Waals surface area contributed by atoms with E-state index >= 15 is 0 Å². The van der Waals surface area contributed by atoms with Crippen LogP contribution in [0.4, 0.5) is 0 Å². The zero-order chi connectivity index (χ0) is 8.27. The predicted molar refractivity (Wildman–Crippen MR) is 43.6 cm³/mol. The van der Waals surface area contributed by atoms with Gasteiger partial charge in [0.05, 0.1) is 12.6 Å². The van der Waals surface area contributed by atoms with Crippen molar-refractivity contribution in [1.29, 1.82) is 0 Å². The first-order valence-corrected chi connectivity index (χ1v) is 4.07. The van der Waals surface area contributed by atoms with Crippen molar-refractivity contribution in [3.8, 4) is 0 Å². The third-order valence-electron chi connectivity index (χ3n) is 1.69. The fourth-order valence-electron chi connectivity index (χ4n) is 0.911. The molecule has 0 aliphatic carbocycles. The standard InChI is InChI=1S/C8H15NO2/c1-4-10-8-9-7(5-11-8)6(2)3/h6-7H,4-5H2,1-3H3. The quantitative estimate of drug-likeness (QED) is 0.607. The number of hydrogen-bond donors (Lipinski definition) is 0. The molecule has 0 aromatic heterocycles. The molecule has 0 spiro atoms. The van der Waals surface area contributed by atoms with Gasteiger partial charge in [-0.1, -0.05) is 13.8 Å². The zero-order valence-electron chi connectivity index (χ0n) is 7.33. The molecule has 0 N–H and O–H groups in total. The van der Waals surface area contributed by atoms with Gasteiger partial charge >= 0.3 is 6.08 Å². The van der Waals surface area contributed by atoms with Crippen LogP contribution in [0.1, 0.15) is 20.8 Å². The lowest BCUT2D eigenvalue weighted by Crippen LogP contribution is -2.13. The van der Waals surface area contributed by atoms with Gasteiger partial charge < -0.3 is 9.47 Å². The molecule has 1 aliphatic heterocycles. The molecular formula is C8H15NO2. The number of ether oxygens (including phenoxy) is 2. The summed E-state index contributed by atoms with van der Waals surface area (Å²) in [4.78, 5) is 4.25. The molecule has 0 aromatic rings. The van der Waals surface area contributed by atoms with Gasteiger partial charge in [0.1, 0.15) is 6.61 Å². The van der Waals surface area contributed by atoms with Crippen LogP contribution in [0.5, 0.6) is 0 Å². The Morgan fingerprint density at radius 1 is 1.73 bits per heavy atom. The first-order valence-electron chi connectivity index (χ1n) is 4.07. The maximum absolute atomic E-state index is 5.20. The summed E-state index contributed by atoms with van der Waals surface area (Å²) in [5, 5.41) is 0. The van der Waals surface area contributed by atoms with Gasteiger partial charge in [-0.2, -0.15) is 0 Å². The molecule has 64 valence electrons. The first-order chi connectivity index (χ1) is 5.24. The van der Waals surface area contributed by atoms with Gasteiger partial charge in [-0.25, -0.2) is 4.99 Å². The maximum atomic E-state index is 5.20. The van der Waals surface area contributed by atoms with Crippen LogP contribution in [-0.4, -0.2) is 25.3 Å². The Hall–Kier alpha value is -0.730. The number of rotatable bonds is 2. The topological polar surface area (TPSA) is 30.8 Å². The molecule has 1 unspecified atom stereocenters. The van der Waals surface area contributed by atoms with Gasteiger partial charge in [0.15, 0.2) is 0 Å². The molecule has 0 fully saturated rings. The van der Waals surface area contributed by atoms with Crippen LogP contribution in [0.2, 0.25) is 0 Å². The van der Waals surface area contributed by atoms with Crippen LogP contribution in [0.3, 0.4) is 0 Å². The van der Waals surface area contributed by atoms with Crippen molar-refractivity contribution in [1.82, 2.24) is 0 Å². The van der Waals surface area contributed by atoms with Gasteiger partial charge in [-0.05, 0) is 12.8 Å². The van der Waals surface area contributed by atoms with Crippen LogP contribution in [0.25, 0.3) is 0 Å². The smallest absolute Gasteiger partial charge is 0.383 e. The zero-order valence-corrected chi connectivity index (χ0v) is 7.33. The lowest BCUT2D eigenvalue weighted by Gasteiger charge is -2.06. The molecule has 0 saturated carbocycles. The summed E-state index contributed by atoms with van der Waals surface area (Å²) in [6.07, 6.45) is 0.464. The molecular weight excluding hydrogens is 142 g/mol. The largest absolute Gasteiger partial charge is 0.451 e. The van der Waals surface area contributed by atoms with Crippen molar-refractivity contribution in [2.45, 2.75) is 26.8 Å². The summed E-state index contributed by atoms with van der Waals surface area (Å²) in [6, 6.07) is 0.288. The molecule has 0 amide bonds. The minimum atomic E-state index is 0.288. The summed E-state index contributed by atoms with van der Waals surface area (Å²) in [5.74, 6) is 0.535. The van der Waals surface area contributed by atoms with Crippen molar-refractivity contribution >= 4 is 6.08 Å². The van der Waals surface area contributed by atoms with Crippen molar-refractivity contribution < 1.29 is 9.47 Å². The second-order valence-electron chi connectivity index (χ2n) is 2.95. The van der Waals surface area contributed by atoms with Gasteiger partial charge in [0, 0.05) is 0 Å². The Bertz CT molecular complexity index is 154. The molecule has 3 heteroatoms. The normalized spacial score (nSPS) is 23.3. The average Bonchev–Trinajstić information content (AvgIpc) is 2.37. The van der Waals surface area contributed by atoms with Crippen molar-refractivity contribution in [2.24, 2.45) is 10.9 Å². The Morgan fingerprint density at radius 2 is 2.45 bits per heavy atom. The number of nitrogens with zero attached hydrogens (tertiary/aromatic N) is 1. The summed E-state index contributed by atoms with van der Waals surface area (Å²) < 4.78 is 10.3. The summed E-state index contributed by atoms with van der Waals surface area (Å²) in [6.45, 7) is 7.49. The van der Waals surface area contributed by atoms with Gasteiger partial charge in [0.25, 0.3) is 0 Å². The summed E-state index contributed by atoms with van der Waals surface area (Å²) in [7, 11) is 0. The van der Waals surface area contributed by atoms with E-state index in [4.69, 9.17) is 9.47 Å². The second-order valence-corrected chi connectivity index (χ2v) is 2.95. The van der Waals surface area contributed by atoms with E-state index in [2.05, 4.69) is 18.8 Å². The van der Waals surface area contributed by atoms with Gasteiger partial charge in [0.2, 0.25) is 0 Å². The highest BCUT2D eigenvalue weighted by atomic mass is 16.7. The van der Waals surface area contributed by atoms with E-state index in [-0.39, 0.29) is 6.04 Å². The van der Waals surface area contributed by atoms with Crippen molar-refractivity contribution in [2.75, 3.05) is 13.2 Å². The van der Waals surface area contributed by atoms with E-state index in [9.17, 15) is 0 Å². The lowest BCUT2D eigenvalue weighted by molar-refractivity contribution is 0.188. The number of hydrogen-bond acceptors (Lipinski definition) is 3. The fourth-order valence-corrected chi connectivity index (χ4v) is 0.911. The molecule has 3 nitrogen and oxygen atoms in total. The molecule has 0 radical (unpaired) electrons. The molecule has 1 atom stereocenters. The maximum Gasteiger partial charge on any atom is 0.383 e. The van der Waals surface area contributed by atoms with Crippen LogP contribution in [0, 0.1) is 5.92 Å². The Morgan fingerprint density at radius 3 is 2.91 bits per heavy atom. The van der Waals surface area contributed by atoms with Crippen molar-refractivity contribution in [3.63, 3.8) is 0 Å². The van der Waals surface area contributed by atoms with Gasteiger partial charge in [-0.3, -0.25) is 0 Å². The minimum absolute atomic E-state index is 0.288. The van der Waals surface area contributed by atoms with Crippen LogP contribution < -0.4 is 0 Å². The second kappa shape index (κ2) is 3.60. The lowest BCUT2D eigenvalue weighted by atomic mass is 10.1. The van der Waals surface area contributed by atoms with E-state index in [1.54, 1.807) is 0 Å². The minimum Gasteiger partial charge on any atom is -0.451 e. The first kappa shape index (κ1) is 8.37. The van der Waals surface area contributed by atoms with E-state index in [0.29, 0.717) is 25.2 Å². The van der Waals surface area contributed by atoms with E-state index < -0.39 is 0 Å². The fraction of sp³-hybridized carbons (Fsp3) is 0.875. The summed E-state index contributed by atoms with van der Waals surface area (Å²) in [5.41, 5.74) is 0. The monoisotopic (exact) mass is 157 g/mol. The Kier molecular flexibility index (Phi) is 2.74. The highest BCUT2D eigenvalue weighted by Gasteiger charge is 2.22. The molecule has 0 bridgehead atoms. The third-order valence-corrected chi connectivity index (χ3v) is 1.69. The molecule has 1 aliphatic rings. The Balaban J connectivity index is 2.40. The third kappa shape index (κ3) is 2.10. The highest BCUT2D eigenvalue weighted by Crippen LogP contribution is 2.13. The summed E-state index contributed by atoms with van der Waals surface area (Å²) >= 11 is 0. The van der Waals surface area contributed by atoms with E-state index in [1.807, 2.05) is 6.92 Å².